The van der Waals surface area contributed by atoms with Crippen molar-refractivity contribution >= 4 is 0 Å². The third-order valence-corrected chi connectivity index (χ3v) is 4.23. The molecule has 166 valence electrons. The molecule has 0 radical (unpaired) electrons. The van der Waals surface area contributed by atoms with Gasteiger partial charge in [0.15, 0.2) is 23.5 Å². The molecule has 0 spiro atoms. The molecule has 0 fully saturated rings. The highest BCUT2D eigenvalue weighted by Gasteiger charge is 2.13. The fourth-order valence-electron chi connectivity index (χ4n) is 2.85. The zero-order valence-electron chi connectivity index (χ0n) is 16.4. The van der Waals surface area contributed by atoms with Gasteiger partial charge in [0.25, 0.3) is 0 Å². The standard InChI is InChI=1S/C12H5F3N2.C11H6F3NO/c13-8-3-7(4-9(14)5-8)10-1-2-17-11(6-16)12(10)15;12-8-3-7(4-9(13)5-8)10-1-2-15(16)6-11(10)14/h1-5H;1-6H. The molecule has 0 aliphatic heterocycles. The molecule has 0 saturated heterocycles. The summed E-state index contributed by atoms with van der Waals surface area (Å²) in [6.45, 7) is 0. The minimum Gasteiger partial charge on any atom is -0.619 e. The number of hydrogen-bond donors (Lipinski definition) is 0. The summed E-state index contributed by atoms with van der Waals surface area (Å²) in [5, 5.41) is 19.3. The van der Waals surface area contributed by atoms with E-state index in [0.29, 0.717) is 18.3 Å². The molecule has 4 rings (SSSR count). The molecule has 0 unspecified atom stereocenters. The molecule has 4 nitrogen and oxygen atoms in total. The molecule has 0 aliphatic carbocycles. The highest BCUT2D eigenvalue weighted by atomic mass is 19.2. The smallest absolute Gasteiger partial charge is 0.216 e. The fraction of sp³-hybridized carbons (Fsp3) is 0. The van der Waals surface area contributed by atoms with Gasteiger partial charge in [-0.2, -0.15) is 14.4 Å². The summed E-state index contributed by atoms with van der Waals surface area (Å²) in [4.78, 5) is 3.50. The van der Waals surface area contributed by atoms with Crippen LogP contribution in [-0.2, 0) is 0 Å². The Balaban J connectivity index is 0.000000186. The summed E-state index contributed by atoms with van der Waals surface area (Å²) in [6.07, 6.45) is 2.96. The maximum Gasteiger partial charge on any atom is 0.216 e. The van der Waals surface area contributed by atoms with Crippen LogP contribution in [0.4, 0.5) is 26.3 Å². The Labute approximate surface area is 183 Å². The molecule has 0 bridgehead atoms. The molecule has 0 amide bonds. The predicted octanol–water partition coefficient (Wildman–Crippen LogP) is 5.44. The summed E-state index contributed by atoms with van der Waals surface area (Å²) >= 11 is 0. The lowest BCUT2D eigenvalue weighted by molar-refractivity contribution is -0.607. The van der Waals surface area contributed by atoms with Gasteiger partial charge in [0.2, 0.25) is 6.20 Å². The first-order chi connectivity index (χ1) is 15.7. The number of pyridine rings is 2. The minimum absolute atomic E-state index is 0.0227. The van der Waals surface area contributed by atoms with Crippen LogP contribution >= 0.6 is 0 Å². The van der Waals surface area contributed by atoms with Crippen LogP contribution in [0.3, 0.4) is 0 Å². The van der Waals surface area contributed by atoms with Crippen molar-refractivity contribution in [1.29, 1.82) is 5.26 Å². The van der Waals surface area contributed by atoms with E-state index in [1.165, 1.54) is 12.3 Å². The van der Waals surface area contributed by atoms with E-state index in [1.807, 2.05) is 0 Å². The van der Waals surface area contributed by atoms with E-state index in [-0.39, 0.29) is 27.0 Å². The molecule has 0 saturated carbocycles. The molecule has 2 heterocycles. The number of nitrogens with zero attached hydrogens (tertiary/aromatic N) is 3. The first-order valence-corrected chi connectivity index (χ1v) is 9.04. The molecule has 2 aromatic heterocycles. The molecule has 2 aromatic carbocycles. The van der Waals surface area contributed by atoms with Crippen molar-refractivity contribution in [1.82, 2.24) is 4.98 Å². The highest BCUT2D eigenvalue weighted by Crippen LogP contribution is 2.25. The Hall–Kier alpha value is -4.39. The highest BCUT2D eigenvalue weighted by molar-refractivity contribution is 5.65. The van der Waals surface area contributed by atoms with Crippen LogP contribution in [0.25, 0.3) is 22.3 Å². The Kier molecular flexibility index (Phi) is 6.93. The van der Waals surface area contributed by atoms with Gasteiger partial charge in [0.05, 0.1) is 0 Å². The number of halogens is 6. The third kappa shape index (κ3) is 5.65. The van der Waals surface area contributed by atoms with Crippen LogP contribution in [0.1, 0.15) is 5.69 Å². The van der Waals surface area contributed by atoms with Crippen LogP contribution in [0, 0.1) is 51.4 Å². The zero-order valence-corrected chi connectivity index (χ0v) is 16.4. The maximum atomic E-state index is 13.7. The van der Waals surface area contributed by atoms with Crippen molar-refractivity contribution in [2.24, 2.45) is 0 Å². The Morgan fingerprint density at radius 1 is 0.758 bits per heavy atom. The van der Waals surface area contributed by atoms with E-state index in [2.05, 4.69) is 4.98 Å². The van der Waals surface area contributed by atoms with Gasteiger partial charge in [-0.1, -0.05) is 0 Å². The van der Waals surface area contributed by atoms with E-state index in [4.69, 9.17) is 5.26 Å². The average molecular weight is 459 g/mol. The summed E-state index contributed by atoms with van der Waals surface area (Å²) in [5.41, 5.74) is -0.415. The van der Waals surface area contributed by atoms with Gasteiger partial charge in [-0.15, -0.1) is 0 Å². The van der Waals surface area contributed by atoms with E-state index in [1.54, 1.807) is 6.07 Å². The number of aromatic nitrogens is 2. The van der Waals surface area contributed by atoms with Gasteiger partial charge in [-0.3, -0.25) is 0 Å². The van der Waals surface area contributed by atoms with Gasteiger partial charge in [0.1, 0.15) is 29.3 Å². The summed E-state index contributed by atoms with van der Waals surface area (Å²) < 4.78 is 79.1. The monoisotopic (exact) mass is 459 g/mol. The predicted molar refractivity (Wildman–Crippen MR) is 105 cm³/mol. The second kappa shape index (κ2) is 9.82. The first kappa shape index (κ1) is 23.3. The van der Waals surface area contributed by atoms with E-state index in [9.17, 15) is 31.5 Å². The second-order valence-corrected chi connectivity index (χ2v) is 6.52. The molecular formula is C23H11F6N3O. The average Bonchev–Trinajstić information content (AvgIpc) is 2.73. The largest absolute Gasteiger partial charge is 0.619 e. The van der Waals surface area contributed by atoms with Gasteiger partial charge in [-0.05, 0) is 41.5 Å². The van der Waals surface area contributed by atoms with Crippen LogP contribution in [0.15, 0.2) is 67.1 Å². The second-order valence-electron chi connectivity index (χ2n) is 6.52. The Bertz CT molecular complexity index is 1330. The summed E-state index contributed by atoms with van der Waals surface area (Å²) in [7, 11) is 0. The van der Waals surface area contributed by atoms with E-state index in [0.717, 1.165) is 36.5 Å². The number of hydrogen-bond acceptors (Lipinski definition) is 3. The lowest BCUT2D eigenvalue weighted by Gasteiger charge is -2.04. The molecular weight excluding hydrogens is 448 g/mol. The normalized spacial score (nSPS) is 10.2. The minimum atomic E-state index is -0.889. The van der Waals surface area contributed by atoms with Gasteiger partial charge in [0, 0.05) is 35.5 Å². The van der Waals surface area contributed by atoms with Gasteiger partial charge in [-0.25, -0.2) is 26.9 Å². The van der Waals surface area contributed by atoms with Crippen molar-refractivity contribution in [3.63, 3.8) is 0 Å². The van der Waals surface area contributed by atoms with Crippen molar-refractivity contribution in [2.45, 2.75) is 0 Å². The van der Waals surface area contributed by atoms with Gasteiger partial charge >= 0.3 is 0 Å². The summed E-state index contributed by atoms with van der Waals surface area (Å²) in [6, 6.07) is 9.33. The lowest BCUT2D eigenvalue weighted by Crippen LogP contribution is -2.25. The van der Waals surface area contributed by atoms with Crippen molar-refractivity contribution in [3.8, 4) is 28.3 Å². The molecule has 33 heavy (non-hydrogen) atoms. The van der Waals surface area contributed by atoms with E-state index >= 15 is 0 Å². The van der Waals surface area contributed by atoms with Gasteiger partial charge < -0.3 is 5.21 Å². The first-order valence-electron chi connectivity index (χ1n) is 9.04. The fourth-order valence-corrected chi connectivity index (χ4v) is 2.85. The van der Waals surface area contributed by atoms with Crippen molar-refractivity contribution < 1.29 is 31.1 Å². The summed E-state index contributed by atoms with van der Waals surface area (Å²) in [5.74, 6) is -4.94. The topological polar surface area (TPSA) is 63.6 Å². The lowest BCUT2D eigenvalue weighted by atomic mass is 10.1. The van der Waals surface area contributed by atoms with Crippen LogP contribution in [-0.4, -0.2) is 4.98 Å². The molecule has 0 N–H and O–H groups in total. The number of benzene rings is 2. The molecule has 4 aromatic rings. The number of nitriles is 1. The van der Waals surface area contributed by atoms with Crippen LogP contribution in [0.2, 0.25) is 0 Å². The third-order valence-electron chi connectivity index (χ3n) is 4.23. The van der Waals surface area contributed by atoms with Crippen LogP contribution in [0.5, 0.6) is 0 Å². The maximum absolute atomic E-state index is 13.7. The molecule has 0 atom stereocenters. The SMILES string of the molecule is N#Cc1nccc(-c2cc(F)cc(F)c2)c1F.[O-][n+]1ccc(-c2cc(F)cc(F)c2)c(F)c1. The van der Waals surface area contributed by atoms with Crippen molar-refractivity contribution in [2.75, 3.05) is 0 Å². The number of rotatable bonds is 2. The quantitative estimate of drug-likeness (QED) is 0.228. The van der Waals surface area contributed by atoms with Crippen LogP contribution < -0.4 is 4.73 Å². The zero-order chi connectivity index (χ0) is 24.1. The Morgan fingerprint density at radius 2 is 1.27 bits per heavy atom. The molecule has 0 aliphatic rings. The van der Waals surface area contributed by atoms with E-state index < -0.39 is 40.6 Å². The van der Waals surface area contributed by atoms with Crippen molar-refractivity contribution in [3.05, 3.63) is 113 Å². The molecule has 10 heteroatoms. The Morgan fingerprint density at radius 3 is 1.76 bits per heavy atom.